The second-order valence-corrected chi connectivity index (χ2v) is 4.90. The van der Waals surface area contributed by atoms with Gasteiger partial charge in [-0.05, 0) is 18.9 Å². The van der Waals surface area contributed by atoms with Crippen molar-refractivity contribution in [1.29, 1.82) is 0 Å². The van der Waals surface area contributed by atoms with Crippen molar-refractivity contribution in [2.75, 3.05) is 18.0 Å². The van der Waals surface area contributed by atoms with Crippen LogP contribution in [0.1, 0.15) is 18.4 Å². The zero-order valence-corrected chi connectivity index (χ0v) is 10.2. The number of alkyl halides is 1. The van der Waals surface area contributed by atoms with Gasteiger partial charge in [-0.25, -0.2) is 9.37 Å². The molecular formula is C12H14ClFN2O. The lowest BCUT2D eigenvalue weighted by atomic mass is 10.2. The van der Waals surface area contributed by atoms with E-state index in [1.54, 1.807) is 0 Å². The van der Waals surface area contributed by atoms with E-state index in [9.17, 15) is 4.39 Å². The summed E-state index contributed by atoms with van der Waals surface area (Å²) in [6.07, 6.45) is 4.06. The molecule has 17 heavy (non-hydrogen) atoms. The summed E-state index contributed by atoms with van der Waals surface area (Å²) in [7, 11) is 0. The number of ether oxygens (including phenoxy) is 1. The number of nitrogens with zero attached hydrogens (tertiary/aromatic N) is 2. The molecule has 0 amide bonds. The number of aromatic nitrogens is 1. The van der Waals surface area contributed by atoms with Crippen molar-refractivity contribution in [2.45, 2.75) is 30.9 Å². The fraction of sp³-hybridized carbons (Fsp3) is 0.583. The highest BCUT2D eigenvalue weighted by atomic mass is 35.5. The molecular weight excluding hydrogens is 243 g/mol. The van der Waals surface area contributed by atoms with E-state index >= 15 is 0 Å². The van der Waals surface area contributed by atoms with Crippen LogP contribution in [0.25, 0.3) is 0 Å². The molecule has 0 radical (unpaired) electrons. The molecule has 3 nitrogen and oxygen atoms in total. The molecule has 92 valence electrons. The molecule has 0 N–H and O–H groups in total. The highest BCUT2D eigenvalue weighted by molar-refractivity contribution is 6.17. The summed E-state index contributed by atoms with van der Waals surface area (Å²) >= 11 is 5.85. The first-order valence-corrected chi connectivity index (χ1v) is 6.40. The van der Waals surface area contributed by atoms with E-state index in [1.165, 1.54) is 12.3 Å². The molecule has 0 aliphatic carbocycles. The van der Waals surface area contributed by atoms with Crippen molar-refractivity contribution in [3.8, 4) is 0 Å². The zero-order valence-electron chi connectivity index (χ0n) is 9.40. The minimum absolute atomic E-state index is 0.285. The Hall–Kier alpha value is -0.870. The van der Waals surface area contributed by atoms with Crippen molar-refractivity contribution >= 4 is 17.4 Å². The van der Waals surface area contributed by atoms with Gasteiger partial charge in [0, 0.05) is 18.7 Å². The molecule has 2 fully saturated rings. The Kier molecular flexibility index (Phi) is 2.92. The number of fused-ring (bicyclic) bond motifs is 2. The number of pyridine rings is 1. The third-order valence-electron chi connectivity index (χ3n) is 3.40. The maximum absolute atomic E-state index is 13.1. The normalized spacial score (nSPS) is 27.5. The second kappa shape index (κ2) is 4.42. The van der Waals surface area contributed by atoms with Gasteiger partial charge in [0.1, 0.15) is 11.6 Å². The SMILES string of the molecule is Fc1cnc(N2CC3CCC(C2)O3)c(CCl)c1. The Morgan fingerprint density at radius 2 is 2.12 bits per heavy atom. The van der Waals surface area contributed by atoms with Gasteiger partial charge in [-0.15, -0.1) is 11.6 Å². The Morgan fingerprint density at radius 1 is 1.41 bits per heavy atom. The summed E-state index contributed by atoms with van der Waals surface area (Å²) in [5, 5.41) is 0. The Bertz CT molecular complexity index is 417. The Balaban J connectivity index is 1.88. The van der Waals surface area contributed by atoms with Gasteiger partial charge in [0.15, 0.2) is 0 Å². The van der Waals surface area contributed by atoms with Gasteiger partial charge < -0.3 is 9.64 Å². The van der Waals surface area contributed by atoms with Crippen LogP contribution in [-0.4, -0.2) is 30.3 Å². The van der Waals surface area contributed by atoms with Crippen LogP contribution < -0.4 is 4.90 Å². The van der Waals surface area contributed by atoms with Gasteiger partial charge in [-0.1, -0.05) is 0 Å². The molecule has 2 aliphatic heterocycles. The van der Waals surface area contributed by atoms with Gasteiger partial charge in [0.05, 0.1) is 24.3 Å². The van der Waals surface area contributed by atoms with E-state index in [-0.39, 0.29) is 11.7 Å². The van der Waals surface area contributed by atoms with Crippen LogP contribution in [0.2, 0.25) is 0 Å². The summed E-state index contributed by atoms with van der Waals surface area (Å²) in [5.74, 6) is 0.759. The molecule has 0 spiro atoms. The topological polar surface area (TPSA) is 25.4 Å². The molecule has 1 aromatic rings. The first kappa shape index (κ1) is 11.2. The summed E-state index contributed by atoms with van der Waals surface area (Å²) in [6.45, 7) is 1.66. The maximum atomic E-state index is 13.1. The number of morpholine rings is 1. The lowest BCUT2D eigenvalue weighted by molar-refractivity contribution is 0.0302. The largest absolute Gasteiger partial charge is 0.371 e. The molecule has 2 atom stereocenters. The summed E-state index contributed by atoms with van der Waals surface area (Å²) in [5.41, 5.74) is 0.757. The van der Waals surface area contributed by atoms with Crippen molar-refractivity contribution in [3.05, 3.63) is 23.6 Å². The highest BCUT2D eigenvalue weighted by Gasteiger charge is 2.34. The number of rotatable bonds is 2. The summed E-state index contributed by atoms with van der Waals surface area (Å²) < 4.78 is 18.9. The van der Waals surface area contributed by atoms with Crippen LogP contribution in [0.3, 0.4) is 0 Å². The van der Waals surface area contributed by atoms with E-state index in [1.807, 2.05) is 0 Å². The predicted octanol–water partition coefficient (Wildman–Crippen LogP) is 2.33. The molecule has 3 heterocycles. The van der Waals surface area contributed by atoms with Gasteiger partial charge in [-0.2, -0.15) is 0 Å². The lowest BCUT2D eigenvalue weighted by Crippen LogP contribution is -2.43. The fourth-order valence-corrected chi connectivity index (χ4v) is 2.84. The first-order chi connectivity index (χ1) is 8.26. The molecule has 2 bridgehead atoms. The van der Waals surface area contributed by atoms with Crippen LogP contribution in [0.4, 0.5) is 10.2 Å². The number of anilines is 1. The van der Waals surface area contributed by atoms with Crippen LogP contribution >= 0.6 is 11.6 Å². The van der Waals surface area contributed by atoms with E-state index < -0.39 is 0 Å². The lowest BCUT2D eigenvalue weighted by Gasteiger charge is -2.33. The second-order valence-electron chi connectivity index (χ2n) is 4.63. The molecule has 0 saturated carbocycles. The third kappa shape index (κ3) is 2.11. The minimum Gasteiger partial charge on any atom is -0.371 e. The van der Waals surface area contributed by atoms with E-state index in [0.29, 0.717) is 12.2 Å². The van der Waals surface area contributed by atoms with Gasteiger partial charge in [-0.3, -0.25) is 0 Å². The Labute approximate surface area is 105 Å². The molecule has 2 aliphatic rings. The third-order valence-corrected chi connectivity index (χ3v) is 3.68. The van der Waals surface area contributed by atoms with Crippen LogP contribution in [0.15, 0.2) is 12.3 Å². The number of hydrogen-bond donors (Lipinski definition) is 0. The highest BCUT2D eigenvalue weighted by Crippen LogP contribution is 2.30. The van der Waals surface area contributed by atoms with Crippen LogP contribution in [-0.2, 0) is 10.6 Å². The average molecular weight is 257 g/mol. The van der Waals surface area contributed by atoms with E-state index in [4.69, 9.17) is 16.3 Å². The van der Waals surface area contributed by atoms with Gasteiger partial charge in [0.2, 0.25) is 0 Å². The zero-order chi connectivity index (χ0) is 11.8. The molecule has 3 rings (SSSR count). The monoisotopic (exact) mass is 256 g/mol. The van der Waals surface area contributed by atoms with Crippen molar-refractivity contribution in [2.24, 2.45) is 0 Å². The first-order valence-electron chi connectivity index (χ1n) is 5.87. The summed E-state index contributed by atoms with van der Waals surface area (Å²) in [4.78, 5) is 6.35. The number of hydrogen-bond acceptors (Lipinski definition) is 3. The van der Waals surface area contributed by atoms with Crippen LogP contribution in [0, 0.1) is 5.82 Å². The van der Waals surface area contributed by atoms with E-state index in [0.717, 1.165) is 37.3 Å². The van der Waals surface area contributed by atoms with Gasteiger partial charge >= 0.3 is 0 Å². The summed E-state index contributed by atoms with van der Waals surface area (Å²) in [6, 6.07) is 1.46. The van der Waals surface area contributed by atoms with E-state index in [2.05, 4.69) is 9.88 Å². The standard InChI is InChI=1S/C12H14ClFN2O/c13-4-8-3-9(14)5-15-12(8)16-6-10-1-2-11(7-16)17-10/h3,5,10-11H,1-2,4,6-7H2. The van der Waals surface area contributed by atoms with Crippen LogP contribution in [0.5, 0.6) is 0 Å². The predicted molar refractivity (Wildman–Crippen MR) is 63.9 cm³/mol. The Morgan fingerprint density at radius 3 is 2.76 bits per heavy atom. The average Bonchev–Trinajstić information content (AvgIpc) is 2.68. The fourth-order valence-electron chi connectivity index (χ4n) is 2.64. The molecule has 2 saturated heterocycles. The smallest absolute Gasteiger partial charge is 0.141 e. The minimum atomic E-state index is -0.333. The van der Waals surface area contributed by atoms with Crippen molar-refractivity contribution in [3.63, 3.8) is 0 Å². The van der Waals surface area contributed by atoms with Crippen molar-refractivity contribution < 1.29 is 9.13 Å². The van der Waals surface area contributed by atoms with Gasteiger partial charge in [0.25, 0.3) is 0 Å². The number of halogens is 2. The maximum Gasteiger partial charge on any atom is 0.141 e. The van der Waals surface area contributed by atoms with Crippen molar-refractivity contribution in [1.82, 2.24) is 4.98 Å². The molecule has 5 heteroatoms. The molecule has 2 unspecified atom stereocenters. The molecule has 1 aromatic heterocycles. The molecule has 0 aromatic carbocycles. The quantitative estimate of drug-likeness (QED) is 0.760.